The SMILES string of the molecule is Cc1c(Cl)cnc(N2CCN(C(=O)CO)CC2)c1C#N. The number of aliphatic hydroxyl groups excluding tert-OH is 1. The third-order valence-electron chi connectivity index (χ3n) is 3.44. The lowest BCUT2D eigenvalue weighted by molar-refractivity contribution is -0.134. The number of carbonyl (C=O) groups excluding carboxylic acids is 1. The van der Waals surface area contributed by atoms with Crippen LogP contribution in [0.25, 0.3) is 0 Å². The zero-order valence-corrected chi connectivity index (χ0v) is 11.9. The summed E-state index contributed by atoms with van der Waals surface area (Å²) in [5.41, 5.74) is 1.19. The summed E-state index contributed by atoms with van der Waals surface area (Å²) in [6, 6.07) is 2.14. The summed E-state index contributed by atoms with van der Waals surface area (Å²) >= 11 is 5.97. The number of amides is 1. The maximum Gasteiger partial charge on any atom is 0.248 e. The molecule has 0 bridgehead atoms. The van der Waals surface area contributed by atoms with Gasteiger partial charge in [0.1, 0.15) is 18.5 Å². The summed E-state index contributed by atoms with van der Waals surface area (Å²) in [7, 11) is 0. The third-order valence-corrected chi connectivity index (χ3v) is 3.82. The lowest BCUT2D eigenvalue weighted by atomic mass is 10.1. The van der Waals surface area contributed by atoms with Gasteiger partial charge in [-0.3, -0.25) is 4.79 Å². The first kappa shape index (κ1) is 14.6. The van der Waals surface area contributed by atoms with Crippen LogP contribution in [-0.2, 0) is 4.79 Å². The number of hydrogen-bond donors (Lipinski definition) is 1. The Morgan fingerprint density at radius 1 is 1.50 bits per heavy atom. The Labute approximate surface area is 122 Å². The van der Waals surface area contributed by atoms with Crippen LogP contribution in [-0.4, -0.2) is 53.7 Å². The molecule has 0 aromatic carbocycles. The van der Waals surface area contributed by atoms with Gasteiger partial charge >= 0.3 is 0 Å². The first-order valence-corrected chi connectivity index (χ1v) is 6.65. The van der Waals surface area contributed by atoms with E-state index in [1.807, 2.05) is 4.90 Å². The smallest absolute Gasteiger partial charge is 0.248 e. The van der Waals surface area contributed by atoms with Crippen molar-refractivity contribution in [1.29, 1.82) is 5.26 Å². The molecule has 6 nitrogen and oxygen atoms in total. The number of halogens is 1. The van der Waals surface area contributed by atoms with Crippen LogP contribution < -0.4 is 4.90 Å². The van der Waals surface area contributed by atoms with Crippen molar-refractivity contribution < 1.29 is 9.90 Å². The molecule has 2 heterocycles. The van der Waals surface area contributed by atoms with Crippen molar-refractivity contribution >= 4 is 23.3 Å². The van der Waals surface area contributed by atoms with Crippen molar-refractivity contribution in [2.75, 3.05) is 37.7 Å². The van der Waals surface area contributed by atoms with Gasteiger partial charge in [-0.15, -0.1) is 0 Å². The fourth-order valence-corrected chi connectivity index (χ4v) is 2.35. The van der Waals surface area contributed by atoms with E-state index >= 15 is 0 Å². The molecule has 1 aromatic rings. The highest BCUT2D eigenvalue weighted by Gasteiger charge is 2.24. The van der Waals surface area contributed by atoms with Crippen molar-refractivity contribution in [1.82, 2.24) is 9.88 Å². The topological polar surface area (TPSA) is 80.5 Å². The van der Waals surface area contributed by atoms with Crippen LogP contribution in [0.1, 0.15) is 11.1 Å². The summed E-state index contributed by atoms with van der Waals surface area (Å²) in [6.45, 7) is 3.49. The second-order valence-electron chi connectivity index (χ2n) is 4.57. The number of aromatic nitrogens is 1. The number of nitriles is 1. The molecule has 0 unspecified atom stereocenters. The summed E-state index contributed by atoms with van der Waals surface area (Å²) in [4.78, 5) is 19.2. The van der Waals surface area contributed by atoms with Crippen LogP contribution in [0, 0.1) is 18.3 Å². The minimum atomic E-state index is -0.470. The van der Waals surface area contributed by atoms with E-state index in [9.17, 15) is 10.1 Å². The summed E-state index contributed by atoms with van der Waals surface area (Å²) in [6.07, 6.45) is 1.54. The number of nitrogens with zero attached hydrogens (tertiary/aromatic N) is 4. The van der Waals surface area contributed by atoms with Gasteiger partial charge in [-0.25, -0.2) is 4.98 Å². The molecule has 1 aromatic heterocycles. The molecule has 0 saturated carbocycles. The molecular weight excluding hydrogens is 280 g/mol. The molecule has 7 heteroatoms. The van der Waals surface area contributed by atoms with Crippen LogP contribution in [0.4, 0.5) is 5.82 Å². The number of hydrogen-bond acceptors (Lipinski definition) is 5. The second kappa shape index (κ2) is 6.07. The molecule has 0 radical (unpaired) electrons. The number of rotatable bonds is 2. The molecule has 20 heavy (non-hydrogen) atoms. The van der Waals surface area contributed by atoms with E-state index in [1.165, 1.54) is 6.20 Å². The van der Waals surface area contributed by atoms with E-state index in [2.05, 4.69) is 11.1 Å². The minimum absolute atomic E-state index is 0.273. The number of carbonyl (C=O) groups is 1. The molecule has 2 rings (SSSR count). The molecule has 1 aliphatic heterocycles. The number of aliphatic hydroxyl groups is 1. The van der Waals surface area contributed by atoms with E-state index in [-0.39, 0.29) is 5.91 Å². The Kier molecular flexibility index (Phi) is 4.42. The maximum atomic E-state index is 11.4. The van der Waals surface area contributed by atoms with Crippen LogP contribution in [0.5, 0.6) is 0 Å². The molecule has 106 valence electrons. The second-order valence-corrected chi connectivity index (χ2v) is 4.97. The van der Waals surface area contributed by atoms with Gasteiger partial charge in [-0.05, 0) is 12.5 Å². The highest BCUT2D eigenvalue weighted by Crippen LogP contribution is 2.26. The van der Waals surface area contributed by atoms with E-state index in [0.717, 1.165) is 0 Å². The van der Waals surface area contributed by atoms with Crippen molar-refractivity contribution in [2.45, 2.75) is 6.92 Å². The largest absolute Gasteiger partial charge is 0.387 e. The molecule has 1 N–H and O–H groups in total. The highest BCUT2D eigenvalue weighted by molar-refractivity contribution is 6.31. The minimum Gasteiger partial charge on any atom is -0.387 e. The zero-order valence-electron chi connectivity index (χ0n) is 11.1. The molecular formula is C13H15ClN4O2. The molecule has 1 fully saturated rings. The lowest BCUT2D eigenvalue weighted by Gasteiger charge is -2.35. The van der Waals surface area contributed by atoms with Gasteiger partial charge in [0, 0.05) is 32.4 Å². The average molecular weight is 295 g/mol. The average Bonchev–Trinajstić information content (AvgIpc) is 2.49. The standard InChI is InChI=1S/C13H15ClN4O2/c1-9-10(6-15)13(16-7-11(9)14)18-4-2-17(3-5-18)12(20)8-19/h7,19H,2-5,8H2,1H3. The number of anilines is 1. The molecule has 0 aliphatic carbocycles. The monoisotopic (exact) mass is 294 g/mol. The van der Waals surface area contributed by atoms with Crippen LogP contribution >= 0.6 is 11.6 Å². The number of pyridine rings is 1. The first-order valence-electron chi connectivity index (χ1n) is 6.27. The normalized spacial score (nSPS) is 15.1. The Hall–Kier alpha value is -1.84. The quantitative estimate of drug-likeness (QED) is 0.862. The van der Waals surface area contributed by atoms with Gasteiger partial charge in [0.05, 0.1) is 10.6 Å². The molecule has 1 saturated heterocycles. The zero-order chi connectivity index (χ0) is 14.7. The van der Waals surface area contributed by atoms with Crippen molar-refractivity contribution in [3.8, 4) is 6.07 Å². The van der Waals surface area contributed by atoms with Gasteiger partial charge in [-0.2, -0.15) is 5.26 Å². The maximum absolute atomic E-state index is 11.4. The Balaban J connectivity index is 2.18. The molecule has 1 aliphatic rings. The van der Waals surface area contributed by atoms with Crippen molar-refractivity contribution in [3.63, 3.8) is 0 Å². The summed E-state index contributed by atoms with van der Waals surface area (Å²) < 4.78 is 0. The van der Waals surface area contributed by atoms with Crippen LogP contribution in [0.15, 0.2) is 6.20 Å². The van der Waals surface area contributed by atoms with E-state index in [1.54, 1.807) is 11.8 Å². The van der Waals surface area contributed by atoms with E-state index in [4.69, 9.17) is 16.7 Å². The fraction of sp³-hybridized carbons (Fsp3) is 0.462. The summed E-state index contributed by atoms with van der Waals surface area (Å²) in [5, 5.41) is 18.6. The van der Waals surface area contributed by atoms with Gasteiger partial charge < -0.3 is 14.9 Å². The predicted octanol–water partition coefficient (Wildman–Crippen LogP) is 0.556. The molecule has 0 spiro atoms. The number of piperazine rings is 1. The predicted molar refractivity (Wildman–Crippen MR) is 74.6 cm³/mol. The Morgan fingerprint density at radius 2 is 2.15 bits per heavy atom. The fourth-order valence-electron chi connectivity index (χ4n) is 2.21. The van der Waals surface area contributed by atoms with Gasteiger partial charge in [0.25, 0.3) is 0 Å². The lowest BCUT2D eigenvalue weighted by Crippen LogP contribution is -2.50. The Morgan fingerprint density at radius 3 is 2.70 bits per heavy atom. The summed E-state index contributed by atoms with van der Waals surface area (Å²) in [5.74, 6) is 0.330. The Bertz CT molecular complexity index is 562. The molecule has 0 atom stereocenters. The van der Waals surface area contributed by atoms with Gasteiger partial charge in [-0.1, -0.05) is 11.6 Å². The third kappa shape index (κ3) is 2.69. The van der Waals surface area contributed by atoms with Gasteiger partial charge in [0.2, 0.25) is 5.91 Å². The van der Waals surface area contributed by atoms with E-state index < -0.39 is 6.61 Å². The molecule has 1 amide bonds. The first-order chi connectivity index (χ1) is 9.58. The highest BCUT2D eigenvalue weighted by atomic mass is 35.5. The van der Waals surface area contributed by atoms with Crippen LogP contribution in [0.3, 0.4) is 0 Å². The van der Waals surface area contributed by atoms with Crippen LogP contribution in [0.2, 0.25) is 5.02 Å². The van der Waals surface area contributed by atoms with Gasteiger partial charge in [0.15, 0.2) is 0 Å². The van der Waals surface area contributed by atoms with E-state index in [0.29, 0.717) is 48.1 Å². The van der Waals surface area contributed by atoms with Crippen molar-refractivity contribution in [3.05, 3.63) is 22.3 Å². The van der Waals surface area contributed by atoms with Crippen molar-refractivity contribution in [2.24, 2.45) is 0 Å².